The number of aromatic nitrogens is 1. The topological polar surface area (TPSA) is 61.8 Å². The Labute approximate surface area is 117 Å². The van der Waals surface area contributed by atoms with Crippen molar-refractivity contribution in [3.05, 3.63) is 54.6 Å². The van der Waals surface area contributed by atoms with Gasteiger partial charge in [0.15, 0.2) is 5.82 Å². The summed E-state index contributed by atoms with van der Waals surface area (Å²) < 4.78 is 0. The third-order valence-corrected chi connectivity index (χ3v) is 3.35. The van der Waals surface area contributed by atoms with Gasteiger partial charge in [-0.15, -0.1) is 0 Å². The molecule has 2 aromatic carbocycles. The van der Waals surface area contributed by atoms with Gasteiger partial charge in [-0.1, -0.05) is 36.4 Å². The first-order valence-corrected chi connectivity index (χ1v) is 6.47. The first-order valence-electron chi connectivity index (χ1n) is 6.47. The van der Waals surface area contributed by atoms with Crippen LogP contribution in [0, 0.1) is 0 Å². The van der Waals surface area contributed by atoms with Gasteiger partial charge in [0.1, 0.15) is 0 Å². The number of fused-ring (bicyclic) bond motifs is 1. The fourth-order valence-electron chi connectivity index (χ4n) is 2.28. The highest BCUT2D eigenvalue weighted by Gasteiger charge is 2.09. The van der Waals surface area contributed by atoms with E-state index in [4.69, 9.17) is 5.21 Å². The van der Waals surface area contributed by atoms with Crippen molar-refractivity contribution in [1.29, 1.82) is 0 Å². The van der Waals surface area contributed by atoms with E-state index in [1.807, 2.05) is 24.3 Å². The molecule has 0 aliphatic carbocycles. The smallest absolute Gasteiger partial charge is 0.204 e. The molecule has 4 N–H and O–H groups in total. The van der Waals surface area contributed by atoms with Crippen molar-refractivity contribution in [3.8, 4) is 11.3 Å². The van der Waals surface area contributed by atoms with Gasteiger partial charge in [0.25, 0.3) is 0 Å². The predicted octanol–water partition coefficient (Wildman–Crippen LogP) is 2.53. The van der Waals surface area contributed by atoms with Crippen LogP contribution < -0.4 is 10.8 Å². The molecule has 0 radical (unpaired) electrons. The summed E-state index contributed by atoms with van der Waals surface area (Å²) in [4.78, 5) is 4.54. The monoisotopic (exact) mass is 266 g/mol. The molecule has 0 fully saturated rings. The lowest BCUT2D eigenvalue weighted by molar-refractivity contribution is -0.825. The number of rotatable bonds is 3. The molecule has 3 rings (SSSR count). The van der Waals surface area contributed by atoms with E-state index < -0.39 is 0 Å². The van der Waals surface area contributed by atoms with Crippen LogP contribution in [0.1, 0.15) is 0 Å². The summed E-state index contributed by atoms with van der Waals surface area (Å²) >= 11 is 0. The maximum atomic E-state index is 9.15. The summed E-state index contributed by atoms with van der Waals surface area (Å²) in [6, 6.07) is 18.3. The third kappa shape index (κ3) is 2.22. The molecule has 0 atom stereocenters. The van der Waals surface area contributed by atoms with Crippen LogP contribution in [0.4, 0.5) is 11.5 Å². The molecule has 0 aliphatic heterocycles. The molecule has 3 aromatic rings. The quantitative estimate of drug-likeness (QED) is 0.638. The number of benzene rings is 2. The Balaban J connectivity index is 2.10. The zero-order valence-electron chi connectivity index (χ0n) is 11.2. The highest BCUT2D eigenvalue weighted by molar-refractivity contribution is 5.87. The molecule has 4 heteroatoms. The number of anilines is 1. The summed E-state index contributed by atoms with van der Waals surface area (Å²) in [5.41, 5.74) is 3.68. The highest BCUT2D eigenvalue weighted by Crippen LogP contribution is 2.25. The molecule has 0 bridgehead atoms. The fraction of sp³-hybridized carbons (Fsp3) is 0.0625. The van der Waals surface area contributed by atoms with Gasteiger partial charge in [-0.25, -0.2) is 10.2 Å². The minimum absolute atomic E-state index is 0.665. The van der Waals surface area contributed by atoms with Crippen LogP contribution in [0.5, 0.6) is 0 Å². The van der Waals surface area contributed by atoms with Crippen LogP contribution in [0.15, 0.2) is 54.6 Å². The number of nitrogens with two attached hydrogens (primary N) is 1. The molecule has 100 valence electrons. The van der Waals surface area contributed by atoms with Crippen LogP contribution in [0.25, 0.3) is 22.0 Å². The van der Waals surface area contributed by atoms with E-state index in [1.165, 1.54) is 10.8 Å². The van der Waals surface area contributed by atoms with E-state index in [2.05, 4.69) is 40.6 Å². The maximum absolute atomic E-state index is 9.15. The summed E-state index contributed by atoms with van der Waals surface area (Å²) in [6.07, 6.45) is 0. The van der Waals surface area contributed by atoms with Crippen LogP contribution in [-0.4, -0.2) is 17.2 Å². The van der Waals surface area contributed by atoms with Gasteiger partial charge in [0.05, 0.1) is 5.69 Å². The molecule has 0 saturated carbocycles. The number of nitrogens with zero attached hydrogens (tertiary/aromatic N) is 1. The Morgan fingerprint density at radius 1 is 1.00 bits per heavy atom. The molecule has 1 aromatic heterocycles. The number of nitrogens with one attached hydrogen (secondary N) is 1. The van der Waals surface area contributed by atoms with Crippen LogP contribution >= 0.6 is 0 Å². The van der Waals surface area contributed by atoms with Gasteiger partial charge < -0.3 is 5.32 Å². The number of pyridine rings is 1. The second kappa shape index (κ2) is 5.28. The molecule has 4 nitrogen and oxygen atoms in total. The summed E-state index contributed by atoms with van der Waals surface area (Å²) in [6.45, 7) is 0. The average Bonchev–Trinajstić information content (AvgIpc) is 2.53. The van der Waals surface area contributed by atoms with E-state index >= 15 is 0 Å². The van der Waals surface area contributed by atoms with Crippen LogP contribution in [0.3, 0.4) is 0 Å². The van der Waals surface area contributed by atoms with E-state index in [-0.39, 0.29) is 0 Å². The van der Waals surface area contributed by atoms with Gasteiger partial charge in [-0.2, -0.15) is 5.48 Å². The lowest BCUT2D eigenvalue weighted by Crippen LogP contribution is -2.74. The van der Waals surface area contributed by atoms with E-state index in [9.17, 15) is 0 Å². The Morgan fingerprint density at radius 3 is 2.55 bits per heavy atom. The number of hydrogen-bond donors (Lipinski definition) is 3. The second-order valence-corrected chi connectivity index (χ2v) is 4.58. The molecule has 0 aliphatic rings. The fourth-order valence-corrected chi connectivity index (χ4v) is 2.28. The summed E-state index contributed by atoms with van der Waals surface area (Å²) in [5.74, 6) is 0.665. The molecular formula is C16H16N3O+. The van der Waals surface area contributed by atoms with Crippen molar-refractivity contribution in [3.63, 3.8) is 0 Å². The van der Waals surface area contributed by atoms with Gasteiger partial charge in [0, 0.05) is 18.7 Å². The molecule has 1 heterocycles. The van der Waals surface area contributed by atoms with Crippen LogP contribution in [0.2, 0.25) is 0 Å². The lowest BCUT2D eigenvalue weighted by atomic mass is 10.0. The van der Waals surface area contributed by atoms with E-state index in [0.717, 1.165) is 16.7 Å². The zero-order valence-corrected chi connectivity index (χ0v) is 11.2. The third-order valence-electron chi connectivity index (χ3n) is 3.35. The number of hydrogen-bond acceptors (Lipinski definition) is 3. The van der Waals surface area contributed by atoms with Gasteiger partial charge in [-0.3, -0.25) is 0 Å². The second-order valence-electron chi connectivity index (χ2n) is 4.58. The average molecular weight is 266 g/mol. The molecule has 0 amide bonds. The van der Waals surface area contributed by atoms with Crippen molar-refractivity contribution in [2.75, 3.05) is 12.4 Å². The van der Waals surface area contributed by atoms with Crippen molar-refractivity contribution in [2.45, 2.75) is 0 Å². The van der Waals surface area contributed by atoms with E-state index in [0.29, 0.717) is 11.5 Å². The molecule has 0 spiro atoms. The van der Waals surface area contributed by atoms with Gasteiger partial charge in [-0.05, 0) is 22.9 Å². The summed E-state index contributed by atoms with van der Waals surface area (Å²) in [5, 5.41) is 14.5. The van der Waals surface area contributed by atoms with E-state index in [1.54, 1.807) is 7.05 Å². The minimum Gasteiger partial charge on any atom is -0.368 e. The Hall–Kier alpha value is -2.43. The highest BCUT2D eigenvalue weighted by atomic mass is 16.5. The molecule has 20 heavy (non-hydrogen) atoms. The first kappa shape index (κ1) is 12.6. The van der Waals surface area contributed by atoms with Gasteiger partial charge in [0.2, 0.25) is 5.69 Å². The van der Waals surface area contributed by atoms with Crippen LogP contribution in [-0.2, 0) is 0 Å². The van der Waals surface area contributed by atoms with Crippen molar-refractivity contribution < 1.29 is 10.7 Å². The van der Waals surface area contributed by atoms with Gasteiger partial charge >= 0.3 is 0 Å². The van der Waals surface area contributed by atoms with Crippen molar-refractivity contribution in [1.82, 2.24) is 4.98 Å². The van der Waals surface area contributed by atoms with Crippen molar-refractivity contribution >= 4 is 22.3 Å². The summed E-state index contributed by atoms with van der Waals surface area (Å²) in [7, 11) is 1.79. The standard InChI is InChI=1S/C16H15N3O/c1-17-16-15(19-20)9-8-14(18-16)13-7-6-11-4-2-3-5-12(11)10-13/h2-10,19-20H,1H3,(H,17,18)/p+1. The number of quaternary nitrogens is 1. The Kier molecular flexibility index (Phi) is 3.33. The van der Waals surface area contributed by atoms with Crippen molar-refractivity contribution in [2.24, 2.45) is 0 Å². The SMILES string of the molecule is CNc1nc(-c2ccc3ccccc3c2)ccc1[NH2+]O. The minimum atomic E-state index is 0.665. The Morgan fingerprint density at radius 2 is 1.80 bits per heavy atom. The molecule has 0 unspecified atom stereocenters. The predicted molar refractivity (Wildman–Crippen MR) is 80.1 cm³/mol. The maximum Gasteiger partial charge on any atom is 0.204 e. The molecular weight excluding hydrogens is 250 g/mol. The lowest BCUT2D eigenvalue weighted by Gasteiger charge is -2.07. The Bertz CT molecular complexity index is 756. The molecule has 0 saturated heterocycles. The normalized spacial score (nSPS) is 10.7. The zero-order chi connectivity index (χ0) is 13.9. The first-order chi connectivity index (χ1) is 9.81. The largest absolute Gasteiger partial charge is 0.368 e.